The normalized spacial score (nSPS) is 13.6. The number of rotatable bonds is 2. The molecule has 0 aromatic carbocycles. The highest BCUT2D eigenvalue weighted by Crippen LogP contribution is 2.17. The van der Waals surface area contributed by atoms with Crippen LogP contribution in [0.25, 0.3) is 0 Å². The van der Waals surface area contributed by atoms with Crippen LogP contribution in [0.4, 0.5) is 0 Å². The molecule has 1 aromatic rings. The number of thiophene rings is 1. The van der Waals surface area contributed by atoms with E-state index >= 15 is 0 Å². The molecule has 0 saturated carbocycles. The molecule has 78 valence electrons. The van der Waals surface area contributed by atoms with Crippen LogP contribution in [0.1, 0.15) is 25.6 Å². The van der Waals surface area contributed by atoms with E-state index in [1.165, 1.54) is 17.6 Å². The van der Waals surface area contributed by atoms with E-state index in [2.05, 4.69) is 4.40 Å². The molecular weight excluding hydrogens is 218 g/mol. The summed E-state index contributed by atoms with van der Waals surface area (Å²) in [4.78, 5) is 0.845. The molecule has 0 spiro atoms. The SMILES string of the molecule is CC(C)(C)S(=O)(=O)/N=C/c1cccs1. The van der Waals surface area contributed by atoms with Gasteiger partial charge in [-0.1, -0.05) is 6.07 Å². The van der Waals surface area contributed by atoms with Crippen LogP contribution in [0.5, 0.6) is 0 Å². The van der Waals surface area contributed by atoms with Crippen LogP contribution >= 0.6 is 11.3 Å². The molecule has 0 bridgehead atoms. The van der Waals surface area contributed by atoms with Gasteiger partial charge in [-0.2, -0.15) is 4.40 Å². The zero-order valence-electron chi connectivity index (χ0n) is 8.39. The van der Waals surface area contributed by atoms with Crippen molar-refractivity contribution in [1.29, 1.82) is 0 Å². The quantitative estimate of drug-likeness (QED) is 0.733. The van der Waals surface area contributed by atoms with Gasteiger partial charge in [-0.25, -0.2) is 8.42 Å². The lowest BCUT2D eigenvalue weighted by atomic mass is 10.3. The van der Waals surface area contributed by atoms with Gasteiger partial charge in [-0.15, -0.1) is 11.3 Å². The third kappa shape index (κ3) is 2.65. The predicted molar refractivity (Wildman–Crippen MR) is 60.6 cm³/mol. The summed E-state index contributed by atoms with van der Waals surface area (Å²) in [5.74, 6) is 0. The van der Waals surface area contributed by atoms with Crippen molar-refractivity contribution in [3.63, 3.8) is 0 Å². The first-order valence-electron chi connectivity index (χ1n) is 4.16. The monoisotopic (exact) mass is 231 g/mol. The minimum Gasteiger partial charge on any atom is -0.204 e. The fourth-order valence-corrected chi connectivity index (χ4v) is 1.86. The van der Waals surface area contributed by atoms with E-state index in [0.717, 1.165) is 4.88 Å². The van der Waals surface area contributed by atoms with Crippen molar-refractivity contribution in [3.8, 4) is 0 Å². The second-order valence-corrected chi connectivity index (χ2v) is 7.20. The molecule has 0 fully saturated rings. The molecule has 14 heavy (non-hydrogen) atoms. The molecular formula is C9H13NO2S2. The van der Waals surface area contributed by atoms with Crippen LogP contribution in [0.2, 0.25) is 0 Å². The van der Waals surface area contributed by atoms with Crippen molar-refractivity contribution in [2.75, 3.05) is 0 Å². The van der Waals surface area contributed by atoms with Gasteiger partial charge in [0.05, 0.1) is 11.0 Å². The van der Waals surface area contributed by atoms with E-state index in [-0.39, 0.29) is 0 Å². The van der Waals surface area contributed by atoms with Crippen LogP contribution in [0, 0.1) is 0 Å². The van der Waals surface area contributed by atoms with Crippen molar-refractivity contribution >= 4 is 27.6 Å². The minimum absolute atomic E-state index is 0.833. The molecule has 0 aliphatic heterocycles. The van der Waals surface area contributed by atoms with Gasteiger partial charge in [0.1, 0.15) is 0 Å². The summed E-state index contributed by atoms with van der Waals surface area (Å²) in [6.07, 6.45) is 1.39. The highest BCUT2D eigenvalue weighted by molar-refractivity contribution is 7.91. The number of sulfonamides is 1. The van der Waals surface area contributed by atoms with E-state index in [1.54, 1.807) is 20.8 Å². The standard InChI is InChI=1S/C9H13NO2S2/c1-9(2,3)14(11,12)10-7-8-5-4-6-13-8/h4-7H,1-3H3/b10-7+. The molecule has 0 saturated heterocycles. The molecule has 5 heteroatoms. The Bertz CT molecular complexity index is 410. The Morgan fingerprint density at radius 1 is 1.43 bits per heavy atom. The highest BCUT2D eigenvalue weighted by Gasteiger charge is 2.27. The van der Waals surface area contributed by atoms with Crippen LogP contribution < -0.4 is 0 Å². The molecule has 0 unspecified atom stereocenters. The topological polar surface area (TPSA) is 46.5 Å². The average molecular weight is 231 g/mol. The van der Waals surface area contributed by atoms with E-state index < -0.39 is 14.8 Å². The predicted octanol–water partition coefficient (Wildman–Crippen LogP) is 2.30. The van der Waals surface area contributed by atoms with Crippen molar-refractivity contribution in [1.82, 2.24) is 0 Å². The summed E-state index contributed by atoms with van der Waals surface area (Å²) in [7, 11) is -3.40. The molecule has 1 heterocycles. The van der Waals surface area contributed by atoms with E-state index in [9.17, 15) is 8.42 Å². The second-order valence-electron chi connectivity index (χ2n) is 3.84. The molecule has 1 aromatic heterocycles. The number of hydrogen-bond acceptors (Lipinski definition) is 3. The molecule has 0 aliphatic rings. The van der Waals surface area contributed by atoms with Crippen LogP contribution in [0.3, 0.4) is 0 Å². The summed E-state index contributed by atoms with van der Waals surface area (Å²) in [6, 6.07) is 3.68. The summed E-state index contributed by atoms with van der Waals surface area (Å²) < 4.78 is 25.9. The molecule has 0 aliphatic carbocycles. The molecule has 0 atom stereocenters. The maximum atomic E-state index is 11.6. The van der Waals surface area contributed by atoms with Crippen molar-refractivity contribution in [2.45, 2.75) is 25.5 Å². The van der Waals surface area contributed by atoms with Gasteiger partial charge in [0.2, 0.25) is 0 Å². The molecule has 0 radical (unpaired) electrons. The largest absolute Gasteiger partial charge is 0.258 e. The fraction of sp³-hybridized carbons (Fsp3) is 0.444. The Balaban J connectivity index is 2.90. The summed E-state index contributed by atoms with van der Waals surface area (Å²) >= 11 is 1.46. The summed E-state index contributed by atoms with van der Waals surface area (Å²) in [5, 5.41) is 1.88. The molecule has 0 amide bonds. The number of nitrogens with zero attached hydrogens (tertiary/aromatic N) is 1. The number of hydrogen-bond donors (Lipinski definition) is 0. The first-order valence-corrected chi connectivity index (χ1v) is 6.48. The lowest BCUT2D eigenvalue weighted by Crippen LogP contribution is -2.25. The average Bonchev–Trinajstić information content (AvgIpc) is 2.50. The lowest BCUT2D eigenvalue weighted by molar-refractivity contribution is 0.562. The third-order valence-corrected chi connectivity index (χ3v) is 4.37. The summed E-state index contributed by atoms with van der Waals surface area (Å²) in [5.41, 5.74) is 0. The highest BCUT2D eigenvalue weighted by atomic mass is 32.2. The third-order valence-electron chi connectivity index (χ3n) is 1.64. The van der Waals surface area contributed by atoms with Gasteiger partial charge in [0, 0.05) is 4.88 Å². The molecule has 3 nitrogen and oxygen atoms in total. The Hall–Kier alpha value is -0.680. The van der Waals surface area contributed by atoms with Crippen molar-refractivity contribution in [3.05, 3.63) is 22.4 Å². The minimum atomic E-state index is -3.40. The van der Waals surface area contributed by atoms with E-state index in [1.807, 2.05) is 17.5 Å². The van der Waals surface area contributed by atoms with Crippen molar-refractivity contribution in [2.24, 2.45) is 4.40 Å². The van der Waals surface area contributed by atoms with Gasteiger partial charge in [-0.05, 0) is 32.2 Å². The first-order chi connectivity index (χ1) is 6.33. The second kappa shape index (κ2) is 3.82. The maximum Gasteiger partial charge on any atom is 0.258 e. The Kier molecular flexibility index (Phi) is 3.11. The summed E-state index contributed by atoms with van der Waals surface area (Å²) in [6.45, 7) is 4.90. The van der Waals surface area contributed by atoms with E-state index in [0.29, 0.717) is 0 Å². The Labute approximate surface area is 88.6 Å². The fourth-order valence-electron chi connectivity index (χ4n) is 0.644. The Morgan fingerprint density at radius 2 is 2.07 bits per heavy atom. The van der Waals surface area contributed by atoms with Gasteiger partial charge in [-0.3, -0.25) is 0 Å². The first kappa shape index (κ1) is 11.4. The van der Waals surface area contributed by atoms with Crippen LogP contribution in [-0.2, 0) is 10.0 Å². The lowest BCUT2D eigenvalue weighted by Gasteiger charge is -2.14. The van der Waals surface area contributed by atoms with Gasteiger partial charge in [0.15, 0.2) is 0 Å². The maximum absolute atomic E-state index is 11.6. The zero-order valence-corrected chi connectivity index (χ0v) is 10.0. The van der Waals surface area contributed by atoms with Crippen LogP contribution in [0.15, 0.2) is 21.9 Å². The van der Waals surface area contributed by atoms with E-state index in [4.69, 9.17) is 0 Å². The van der Waals surface area contributed by atoms with Gasteiger partial charge < -0.3 is 0 Å². The smallest absolute Gasteiger partial charge is 0.204 e. The van der Waals surface area contributed by atoms with Crippen molar-refractivity contribution < 1.29 is 8.42 Å². The van der Waals surface area contributed by atoms with Gasteiger partial charge in [0.25, 0.3) is 10.0 Å². The van der Waals surface area contributed by atoms with Gasteiger partial charge >= 0.3 is 0 Å². The molecule has 1 rings (SSSR count). The Morgan fingerprint density at radius 3 is 2.50 bits per heavy atom. The van der Waals surface area contributed by atoms with Crippen LogP contribution in [-0.4, -0.2) is 19.4 Å². The zero-order chi connectivity index (χ0) is 10.8. The molecule has 0 N–H and O–H groups in total.